The highest BCUT2D eigenvalue weighted by molar-refractivity contribution is 5.68. The van der Waals surface area contributed by atoms with Gasteiger partial charge in [-0.1, -0.05) is 30.3 Å². The van der Waals surface area contributed by atoms with Crippen LogP contribution in [0.1, 0.15) is 26.3 Å². The zero-order valence-electron chi connectivity index (χ0n) is 13.5. The van der Waals surface area contributed by atoms with Gasteiger partial charge in [0.25, 0.3) is 0 Å². The molecule has 0 saturated carbocycles. The minimum absolute atomic E-state index is 0. The van der Waals surface area contributed by atoms with E-state index in [0.29, 0.717) is 32.7 Å². The normalized spacial score (nSPS) is 17.5. The van der Waals surface area contributed by atoms with E-state index < -0.39 is 5.60 Å². The number of ether oxygens (including phenoxy) is 1. The first kappa shape index (κ1) is 18.4. The summed E-state index contributed by atoms with van der Waals surface area (Å²) in [5.41, 5.74) is 0.542. The van der Waals surface area contributed by atoms with Crippen molar-refractivity contribution < 1.29 is 19.7 Å². The standard InChI is InChI=1S/C16H24N2O3.H2O/c1-16(2,3)21-15(19)17-9-11-18(20,12-10-17)13-14-7-5-4-6-8-14;/h4-8H,9-13H2,1-3H3;1H2. The second-order valence-electron chi connectivity index (χ2n) is 6.62. The number of hydrogen-bond acceptors (Lipinski definition) is 3. The fraction of sp³-hybridized carbons (Fsp3) is 0.562. The highest BCUT2D eigenvalue weighted by Crippen LogP contribution is 2.18. The fourth-order valence-electron chi connectivity index (χ4n) is 2.41. The molecular formula is C16H26N2O4. The van der Waals surface area contributed by atoms with Gasteiger partial charge >= 0.3 is 6.09 Å². The van der Waals surface area contributed by atoms with Crippen LogP contribution in [-0.2, 0) is 11.3 Å². The third-order valence-corrected chi connectivity index (χ3v) is 3.52. The van der Waals surface area contributed by atoms with E-state index in [0.717, 1.165) is 5.56 Å². The van der Waals surface area contributed by atoms with Crippen LogP contribution in [0.25, 0.3) is 0 Å². The Bertz CT molecular complexity index is 477. The second kappa shape index (κ2) is 7.09. The molecule has 0 spiro atoms. The van der Waals surface area contributed by atoms with E-state index in [1.807, 2.05) is 51.1 Å². The van der Waals surface area contributed by atoms with Gasteiger partial charge in [0, 0.05) is 5.56 Å². The molecule has 0 atom stereocenters. The van der Waals surface area contributed by atoms with E-state index in [1.54, 1.807) is 4.90 Å². The number of rotatable bonds is 2. The minimum Gasteiger partial charge on any atom is -0.632 e. The van der Waals surface area contributed by atoms with Gasteiger partial charge in [0.15, 0.2) is 0 Å². The summed E-state index contributed by atoms with van der Waals surface area (Å²) in [5, 5.41) is 12.7. The number of benzene rings is 1. The van der Waals surface area contributed by atoms with Crippen LogP contribution in [0.4, 0.5) is 4.79 Å². The van der Waals surface area contributed by atoms with Crippen LogP contribution < -0.4 is 0 Å². The van der Waals surface area contributed by atoms with Crippen LogP contribution in [0.5, 0.6) is 0 Å². The number of piperazine rings is 1. The summed E-state index contributed by atoms with van der Waals surface area (Å²) in [7, 11) is 0. The largest absolute Gasteiger partial charge is 0.632 e. The summed E-state index contributed by atoms with van der Waals surface area (Å²) in [6, 6.07) is 9.77. The summed E-state index contributed by atoms with van der Waals surface area (Å²) >= 11 is 0. The molecule has 1 amide bonds. The molecule has 6 nitrogen and oxygen atoms in total. The fourth-order valence-corrected chi connectivity index (χ4v) is 2.41. The van der Waals surface area contributed by atoms with E-state index in [2.05, 4.69) is 0 Å². The summed E-state index contributed by atoms with van der Waals surface area (Å²) in [5.74, 6) is 0. The van der Waals surface area contributed by atoms with Crippen molar-refractivity contribution in [1.82, 2.24) is 4.90 Å². The number of carbonyl (C=O) groups excluding carboxylic acids is 1. The molecule has 1 aromatic rings. The molecule has 0 unspecified atom stereocenters. The highest BCUT2D eigenvalue weighted by atomic mass is 16.6. The molecule has 22 heavy (non-hydrogen) atoms. The number of amides is 1. The first-order valence-corrected chi connectivity index (χ1v) is 7.36. The smallest absolute Gasteiger partial charge is 0.410 e. The Morgan fingerprint density at radius 2 is 1.77 bits per heavy atom. The van der Waals surface area contributed by atoms with E-state index in [1.165, 1.54) is 0 Å². The SMILES string of the molecule is CC(C)(C)OC(=O)N1CC[N+]([O-])(Cc2ccccc2)CC1.O. The molecule has 1 aromatic carbocycles. The molecule has 1 aliphatic heterocycles. The Kier molecular flexibility index (Phi) is 5.93. The highest BCUT2D eigenvalue weighted by Gasteiger charge is 2.30. The third kappa shape index (κ3) is 5.29. The van der Waals surface area contributed by atoms with Crippen LogP contribution >= 0.6 is 0 Å². The van der Waals surface area contributed by atoms with Gasteiger partial charge in [0.1, 0.15) is 12.1 Å². The number of hydroxylamine groups is 3. The molecule has 1 heterocycles. The Balaban J connectivity index is 0.00000242. The van der Waals surface area contributed by atoms with Gasteiger partial charge < -0.3 is 20.1 Å². The average molecular weight is 310 g/mol. The van der Waals surface area contributed by atoms with Crippen molar-refractivity contribution in [2.75, 3.05) is 26.2 Å². The van der Waals surface area contributed by atoms with Crippen molar-refractivity contribution >= 4 is 6.09 Å². The van der Waals surface area contributed by atoms with Gasteiger partial charge in [0.2, 0.25) is 0 Å². The molecule has 1 saturated heterocycles. The summed E-state index contributed by atoms with van der Waals surface area (Å²) in [6.07, 6.45) is -0.325. The van der Waals surface area contributed by atoms with Crippen molar-refractivity contribution in [3.05, 3.63) is 41.1 Å². The van der Waals surface area contributed by atoms with Crippen molar-refractivity contribution in [1.29, 1.82) is 0 Å². The van der Waals surface area contributed by atoms with Gasteiger partial charge in [-0.3, -0.25) is 4.90 Å². The molecule has 2 rings (SSSR count). The molecule has 1 fully saturated rings. The van der Waals surface area contributed by atoms with Gasteiger partial charge in [-0.15, -0.1) is 0 Å². The van der Waals surface area contributed by atoms with E-state index in [4.69, 9.17) is 4.74 Å². The lowest BCUT2D eigenvalue weighted by Gasteiger charge is -2.48. The predicted molar refractivity (Wildman–Crippen MR) is 84.9 cm³/mol. The summed E-state index contributed by atoms with van der Waals surface area (Å²) in [4.78, 5) is 13.6. The van der Waals surface area contributed by atoms with Gasteiger partial charge in [-0.05, 0) is 20.8 Å². The Labute approximate surface area is 131 Å². The third-order valence-electron chi connectivity index (χ3n) is 3.52. The monoisotopic (exact) mass is 310 g/mol. The number of nitrogens with zero attached hydrogens (tertiary/aromatic N) is 2. The lowest BCUT2D eigenvalue weighted by molar-refractivity contribution is -0.897. The lowest BCUT2D eigenvalue weighted by Crippen LogP contribution is -2.57. The summed E-state index contributed by atoms with van der Waals surface area (Å²) < 4.78 is 5.07. The summed E-state index contributed by atoms with van der Waals surface area (Å²) in [6.45, 7) is 7.72. The van der Waals surface area contributed by atoms with Gasteiger partial charge in [-0.25, -0.2) is 4.79 Å². The molecule has 1 aliphatic rings. The van der Waals surface area contributed by atoms with Gasteiger partial charge in [0.05, 0.1) is 26.2 Å². The zero-order valence-corrected chi connectivity index (χ0v) is 13.5. The average Bonchev–Trinajstić information content (AvgIpc) is 2.38. The molecule has 124 valence electrons. The second-order valence-corrected chi connectivity index (χ2v) is 6.62. The van der Waals surface area contributed by atoms with Crippen LogP contribution in [0.3, 0.4) is 0 Å². The number of hydrogen-bond donors (Lipinski definition) is 0. The lowest BCUT2D eigenvalue weighted by atomic mass is 10.2. The molecular weight excluding hydrogens is 284 g/mol. The molecule has 0 aromatic heterocycles. The van der Waals surface area contributed by atoms with Crippen molar-refractivity contribution in [3.8, 4) is 0 Å². The zero-order chi connectivity index (χ0) is 15.5. The van der Waals surface area contributed by atoms with E-state index >= 15 is 0 Å². The van der Waals surface area contributed by atoms with Crippen molar-refractivity contribution in [2.24, 2.45) is 0 Å². The van der Waals surface area contributed by atoms with E-state index in [-0.39, 0.29) is 16.2 Å². The van der Waals surface area contributed by atoms with Crippen molar-refractivity contribution in [3.63, 3.8) is 0 Å². The Morgan fingerprint density at radius 1 is 1.23 bits per heavy atom. The quantitative estimate of drug-likeness (QED) is 0.618. The molecule has 0 bridgehead atoms. The van der Waals surface area contributed by atoms with Crippen molar-refractivity contribution in [2.45, 2.75) is 32.9 Å². The molecule has 0 radical (unpaired) electrons. The first-order valence-electron chi connectivity index (χ1n) is 7.36. The Morgan fingerprint density at radius 3 is 2.27 bits per heavy atom. The molecule has 2 N–H and O–H groups in total. The molecule has 6 heteroatoms. The maximum atomic E-state index is 12.7. The van der Waals surface area contributed by atoms with Crippen LogP contribution in [0, 0.1) is 5.21 Å². The van der Waals surface area contributed by atoms with Crippen LogP contribution in [0.15, 0.2) is 30.3 Å². The predicted octanol–water partition coefficient (Wildman–Crippen LogP) is 1.93. The first-order chi connectivity index (χ1) is 9.77. The minimum atomic E-state index is -0.498. The molecule has 0 aliphatic carbocycles. The maximum Gasteiger partial charge on any atom is 0.410 e. The Hall–Kier alpha value is -1.63. The number of quaternary nitrogens is 1. The van der Waals surface area contributed by atoms with Crippen LogP contribution in [0.2, 0.25) is 0 Å². The van der Waals surface area contributed by atoms with Gasteiger partial charge in [-0.2, -0.15) is 0 Å². The van der Waals surface area contributed by atoms with Crippen LogP contribution in [-0.4, -0.2) is 52.9 Å². The number of carbonyl (C=O) groups is 1. The topological polar surface area (TPSA) is 84.1 Å². The van der Waals surface area contributed by atoms with E-state index in [9.17, 15) is 10.0 Å². The maximum absolute atomic E-state index is 12.7.